The number of esters is 1. The van der Waals surface area contributed by atoms with E-state index in [1.54, 1.807) is 13.8 Å². The number of nitrogens with zero attached hydrogens (tertiary/aromatic N) is 2. The van der Waals surface area contributed by atoms with E-state index >= 15 is 0 Å². The summed E-state index contributed by atoms with van der Waals surface area (Å²) >= 11 is 0. The van der Waals surface area contributed by atoms with E-state index in [1.807, 2.05) is 0 Å². The second-order valence-electron chi connectivity index (χ2n) is 6.14. The van der Waals surface area contributed by atoms with E-state index in [0.717, 1.165) is 12.1 Å². The maximum Gasteiger partial charge on any atom is 0.338 e. The summed E-state index contributed by atoms with van der Waals surface area (Å²) in [7, 11) is 0. The Labute approximate surface area is 159 Å². The molecule has 1 N–H and O–H groups in total. The van der Waals surface area contributed by atoms with Crippen molar-refractivity contribution in [2.24, 2.45) is 0 Å². The molecule has 0 aliphatic heterocycles. The zero-order valence-electron chi connectivity index (χ0n) is 15.3. The highest BCUT2D eigenvalue weighted by Gasteiger charge is 2.25. The second kappa shape index (κ2) is 8.25. The first-order valence-corrected chi connectivity index (χ1v) is 8.16. The SMILES string of the molecule is Cc1c([N+](=O)[O-])cc(C(=O)Nc2ccc(C(=O)OC(C)C)cc2)cc1[N+](=O)[O-]. The van der Waals surface area contributed by atoms with Crippen molar-refractivity contribution >= 4 is 28.9 Å². The molecule has 0 spiro atoms. The molecule has 0 aromatic heterocycles. The predicted molar refractivity (Wildman–Crippen MR) is 99.4 cm³/mol. The van der Waals surface area contributed by atoms with Crippen molar-refractivity contribution in [3.63, 3.8) is 0 Å². The van der Waals surface area contributed by atoms with Crippen LogP contribution in [-0.4, -0.2) is 27.8 Å². The Morgan fingerprint density at radius 3 is 1.89 bits per heavy atom. The number of hydrogen-bond donors (Lipinski definition) is 1. The number of carbonyl (C=O) groups is 2. The zero-order valence-corrected chi connectivity index (χ0v) is 15.3. The smallest absolute Gasteiger partial charge is 0.338 e. The van der Waals surface area contributed by atoms with Crippen LogP contribution in [0, 0.1) is 27.2 Å². The molecule has 2 aromatic carbocycles. The van der Waals surface area contributed by atoms with E-state index < -0.39 is 33.1 Å². The highest BCUT2D eigenvalue weighted by molar-refractivity contribution is 6.05. The molecule has 2 aromatic rings. The number of nitro benzene ring substituents is 2. The van der Waals surface area contributed by atoms with Crippen LogP contribution in [0.25, 0.3) is 0 Å². The Morgan fingerprint density at radius 2 is 1.46 bits per heavy atom. The van der Waals surface area contributed by atoms with Gasteiger partial charge in [0.1, 0.15) is 5.56 Å². The average molecular weight is 387 g/mol. The van der Waals surface area contributed by atoms with Gasteiger partial charge in [-0.1, -0.05) is 0 Å². The van der Waals surface area contributed by atoms with Crippen LogP contribution in [0.15, 0.2) is 36.4 Å². The van der Waals surface area contributed by atoms with E-state index in [2.05, 4.69) is 5.32 Å². The number of hydrogen-bond acceptors (Lipinski definition) is 7. The lowest BCUT2D eigenvalue weighted by molar-refractivity contribution is -0.395. The van der Waals surface area contributed by atoms with Crippen LogP contribution >= 0.6 is 0 Å². The third-order valence-electron chi connectivity index (χ3n) is 3.73. The molecule has 10 nitrogen and oxygen atoms in total. The fraction of sp³-hybridized carbons (Fsp3) is 0.222. The first-order valence-electron chi connectivity index (χ1n) is 8.16. The first kappa shape index (κ1) is 20.5. The van der Waals surface area contributed by atoms with Crippen molar-refractivity contribution in [3.05, 3.63) is 73.3 Å². The van der Waals surface area contributed by atoms with E-state index in [4.69, 9.17) is 4.74 Å². The molecule has 0 saturated heterocycles. The van der Waals surface area contributed by atoms with E-state index in [0.29, 0.717) is 5.69 Å². The number of ether oxygens (including phenoxy) is 1. The second-order valence-corrected chi connectivity index (χ2v) is 6.14. The molecular weight excluding hydrogens is 370 g/mol. The van der Waals surface area contributed by atoms with Crippen LogP contribution < -0.4 is 5.32 Å². The van der Waals surface area contributed by atoms with Gasteiger partial charge in [-0.2, -0.15) is 0 Å². The number of carbonyl (C=O) groups excluding carboxylic acids is 2. The summed E-state index contributed by atoms with van der Waals surface area (Å²) in [5.41, 5.74) is -0.825. The molecule has 0 fully saturated rings. The topological polar surface area (TPSA) is 142 Å². The number of benzene rings is 2. The molecule has 0 aliphatic carbocycles. The van der Waals surface area contributed by atoms with Gasteiger partial charge in [-0.15, -0.1) is 0 Å². The fourth-order valence-corrected chi connectivity index (χ4v) is 2.37. The minimum absolute atomic E-state index is 0.139. The largest absolute Gasteiger partial charge is 0.459 e. The molecule has 0 radical (unpaired) electrons. The van der Waals surface area contributed by atoms with Crippen molar-refractivity contribution in [2.75, 3.05) is 5.32 Å². The summed E-state index contributed by atoms with van der Waals surface area (Å²) in [6, 6.07) is 7.75. The van der Waals surface area contributed by atoms with Gasteiger partial charge < -0.3 is 10.1 Å². The number of amides is 1. The summed E-state index contributed by atoms with van der Waals surface area (Å²) < 4.78 is 5.05. The number of rotatable bonds is 6. The van der Waals surface area contributed by atoms with Gasteiger partial charge in [-0.3, -0.25) is 25.0 Å². The van der Waals surface area contributed by atoms with Crippen LogP contribution in [0.3, 0.4) is 0 Å². The maximum atomic E-state index is 12.4. The summed E-state index contributed by atoms with van der Waals surface area (Å²) in [4.78, 5) is 44.9. The lowest BCUT2D eigenvalue weighted by Gasteiger charge is -2.09. The lowest BCUT2D eigenvalue weighted by Crippen LogP contribution is -2.14. The van der Waals surface area contributed by atoms with Crippen LogP contribution in [0.1, 0.15) is 40.1 Å². The van der Waals surface area contributed by atoms with Gasteiger partial charge in [0.2, 0.25) is 0 Å². The summed E-state index contributed by atoms with van der Waals surface area (Å²) in [6.45, 7) is 4.67. The third kappa shape index (κ3) is 4.67. The van der Waals surface area contributed by atoms with Gasteiger partial charge in [-0.25, -0.2) is 4.79 Å². The standard InChI is InChI=1S/C18H17N3O7/c1-10(2)28-18(23)12-4-6-14(7-5-12)19-17(22)13-8-15(20(24)25)11(3)16(9-13)21(26)27/h4-10H,1-3H3,(H,19,22). The molecule has 1 amide bonds. The van der Waals surface area contributed by atoms with Gasteiger partial charge in [0, 0.05) is 17.8 Å². The Balaban J connectivity index is 2.26. The monoisotopic (exact) mass is 387 g/mol. The van der Waals surface area contributed by atoms with Crippen LogP contribution in [0.2, 0.25) is 0 Å². The van der Waals surface area contributed by atoms with E-state index in [-0.39, 0.29) is 22.8 Å². The molecule has 28 heavy (non-hydrogen) atoms. The predicted octanol–water partition coefficient (Wildman–Crippen LogP) is 3.63. The van der Waals surface area contributed by atoms with Crippen molar-refractivity contribution in [3.8, 4) is 0 Å². The molecule has 0 saturated carbocycles. The van der Waals surface area contributed by atoms with Gasteiger partial charge in [0.05, 0.1) is 27.1 Å². The van der Waals surface area contributed by atoms with E-state index in [1.165, 1.54) is 31.2 Å². The molecule has 0 unspecified atom stereocenters. The molecule has 0 heterocycles. The first-order chi connectivity index (χ1) is 13.1. The maximum absolute atomic E-state index is 12.4. The van der Waals surface area contributed by atoms with Gasteiger partial charge in [0.15, 0.2) is 0 Å². The minimum Gasteiger partial charge on any atom is -0.459 e. The lowest BCUT2D eigenvalue weighted by atomic mass is 10.1. The number of nitrogens with one attached hydrogen (secondary N) is 1. The van der Waals surface area contributed by atoms with Crippen LogP contribution in [0.4, 0.5) is 17.1 Å². The Bertz CT molecular complexity index is 917. The van der Waals surface area contributed by atoms with Crippen LogP contribution in [0.5, 0.6) is 0 Å². The van der Waals surface area contributed by atoms with Crippen molar-refractivity contribution in [1.82, 2.24) is 0 Å². The fourth-order valence-electron chi connectivity index (χ4n) is 2.37. The highest BCUT2D eigenvalue weighted by Crippen LogP contribution is 2.29. The quantitative estimate of drug-likeness (QED) is 0.453. The highest BCUT2D eigenvalue weighted by atomic mass is 16.6. The van der Waals surface area contributed by atoms with Gasteiger partial charge in [0.25, 0.3) is 17.3 Å². The molecule has 0 aliphatic rings. The van der Waals surface area contributed by atoms with Crippen LogP contribution in [-0.2, 0) is 4.74 Å². The van der Waals surface area contributed by atoms with Crippen molar-refractivity contribution in [1.29, 1.82) is 0 Å². The van der Waals surface area contributed by atoms with E-state index in [9.17, 15) is 29.8 Å². The molecule has 10 heteroatoms. The number of nitro groups is 2. The molecular formula is C18H17N3O7. The summed E-state index contributed by atoms with van der Waals surface area (Å²) in [5, 5.41) is 24.7. The molecule has 0 atom stereocenters. The molecule has 2 rings (SSSR count). The molecule has 146 valence electrons. The van der Waals surface area contributed by atoms with Crippen molar-refractivity contribution in [2.45, 2.75) is 26.9 Å². The van der Waals surface area contributed by atoms with Crippen molar-refractivity contribution < 1.29 is 24.2 Å². The Hall–Kier alpha value is -3.82. The number of anilines is 1. The zero-order chi connectivity index (χ0) is 21.0. The molecule has 0 bridgehead atoms. The summed E-state index contributed by atoms with van der Waals surface area (Å²) in [5.74, 6) is -1.28. The minimum atomic E-state index is -0.783. The normalized spacial score (nSPS) is 10.4. The Morgan fingerprint density at radius 1 is 0.964 bits per heavy atom. The third-order valence-corrected chi connectivity index (χ3v) is 3.73. The Kier molecular flexibility index (Phi) is 6.04. The average Bonchev–Trinajstić information content (AvgIpc) is 2.61. The summed E-state index contributed by atoms with van der Waals surface area (Å²) in [6.07, 6.45) is -0.278. The van der Waals surface area contributed by atoms with Gasteiger partial charge >= 0.3 is 5.97 Å². The van der Waals surface area contributed by atoms with Gasteiger partial charge in [-0.05, 0) is 45.0 Å².